The van der Waals surface area contributed by atoms with Crippen molar-refractivity contribution >= 4 is 0 Å². The summed E-state index contributed by atoms with van der Waals surface area (Å²) in [6, 6.07) is 0. The molecule has 5 nitrogen and oxygen atoms in total. The number of hydrogen-bond acceptors (Lipinski definition) is 4. The maximum atomic E-state index is 10.4. The summed E-state index contributed by atoms with van der Waals surface area (Å²) in [6.45, 7) is 1.63. The molecule has 0 aliphatic carbocycles. The van der Waals surface area contributed by atoms with Crippen LogP contribution in [0.1, 0.15) is 5.82 Å². The van der Waals surface area contributed by atoms with E-state index in [-0.39, 0.29) is 0 Å². The highest BCUT2D eigenvalue weighted by Gasteiger charge is 1.90. The first-order chi connectivity index (χ1) is 4.20. The van der Waals surface area contributed by atoms with Crippen LogP contribution in [0.15, 0.2) is 11.1 Å². The van der Waals surface area contributed by atoms with E-state index in [0.29, 0.717) is 5.82 Å². The van der Waals surface area contributed by atoms with Gasteiger partial charge in [-0.1, -0.05) is 0 Å². The molecule has 0 radical (unpaired) electrons. The minimum absolute atomic E-state index is 0.454. The van der Waals surface area contributed by atoms with Crippen LogP contribution in [-0.4, -0.2) is 14.6 Å². The van der Waals surface area contributed by atoms with Crippen LogP contribution in [0.5, 0.6) is 0 Å². The Morgan fingerprint density at radius 3 is 2.89 bits per heavy atom. The fourth-order valence-electron chi connectivity index (χ4n) is 0.420. The maximum absolute atomic E-state index is 10.4. The molecule has 1 aromatic heterocycles. The lowest BCUT2D eigenvalue weighted by Gasteiger charge is -1.96. The summed E-state index contributed by atoms with van der Waals surface area (Å²) in [4.78, 5) is 17.1. The molecule has 0 saturated carbocycles. The smallest absolute Gasteiger partial charge is 0.337 e. The fraction of sp³-hybridized carbons (Fsp3) is 0.250. The van der Waals surface area contributed by atoms with Gasteiger partial charge in [0, 0.05) is 0 Å². The first kappa shape index (κ1) is 5.74. The molecule has 1 aromatic rings. The van der Waals surface area contributed by atoms with E-state index in [4.69, 9.17) is 5.84 Å². The standard InChI is InChI=1S/C4H6N4O/c1-3-7-4(9)6-2-8(3)5/h2H,5H2,1H3. The van der Waals surface area contributed by atoms with Crippen LogP contribution in [0.25, 0.3) is 0 Å². The monoisotopic (exact) mass is 126 g/mol. The van der Waals surface area contributed by atoms with E-state index in [2.05, 4.69) is 9.97 Å². The number of hydrogen-bond donors (Lipinski definition) is 1. The molecule has 0 aliphatic rings. The van der Waals surface area contributed by atoms with Gasteiger partial charge in [-0.2, -0.15) is 9.97 Å². The second kappa shape index (κ2) is 1.85. The van der Waals surface area contributed by atoms with Gasteiger partial charge in [-0.15, -0.1) is 0 Å². The molecule has 2 N–H and O–H groups in total. The van der Waals surface area contributed by atoms with Crippen molar-refractivity contribution in [2.75, 3.05) is 5.84 Å². The number of nitrogens with zero attached hydrogens (tertiary/aromatic N) is 3. The first-order valence-corrected chi connectivity index (χ1v) is 2.37. The average Bonchev–Trinajstić information content (AvgIpc) is 1.80. The van der Waals surface area contributed by atoms with E-state index in [1.165, 1.54) is 11.0 Å². The summed E-state index contributed by atoms with van der Waals surface area (Å²) in [5.41, 5.74) is -0.505. The summed E-state index contributed by atoms with van der Waals surface area (Å²) in [6.07, 6.45) is 1.23. The number of aryl methyl sites for hydroxylation is 1. The van der Waals surface area contributed by atoms with Crippen LogP contribution in [0.3, 0.4) is 0 Å². The first-order valence-electron chi connectivity index (χ1n) is 2.37. The molecule has 0 saturated heterocycles. The molecule has 0 aliphatic heterocycles. The van der Waals surface area contributed by atoms with Crippen molar-refractivity contribution in [2.45, 2.75) is 6.92 Å². The summed E-state index contributed by atoms with van der Waals surface area (Å²) < 4.78 is 1.18. The molecule has 0 unspecified atom stereocenters. The molecule has 0 aromatic carbocycles. The van der Waals surface area contributed by atoms with Gasteiger partial charge in [0.05, 0.1) is 0 Å². The van der Waals surface area contributed by atoms with Crippen molar-refractivity contribution in [3.05, 3.63) is 22.6 Å². The lowest BCUT2D eigenvalue weighted by Crippen LogP contribution is -2.22. The van der Waals surface area contributed by atoms with Gasteiger partial charge in [-0.3, -0.25) is 0 Å². The predicted molar refractivity (Wildman–Crippen MR) is 31.2 cm³/mol. The summed E-state index contributed by atoms with van der Waals surface area (Å²) in [7, 11) is 0. The Bertz CT molecular complexity index is 266. The van der Waals surface area contributed by atoms with Crippen molar-refractivity contribution in [2.24, 2.45) is 0 Å². The minimum atomic E-state index is -0.505. The van der Waals surface area contributed by atoms with Gasteiger partial charge >= 0.3 is 5.69 Å². The third-order valence-electron chi connectivity index (χ3n) is 0.924. The number of rotatable bonds is 0. The van der Waals surface area contributed by atoms with Crippen LogP contribution in [-0.2, 0) is 0 Å². The Hall–Kier alpha value is -1.39. The van der Waals surface area contributed by atoms with E-state index in [0.717, 1.165) is 0 Å². The van der Waals surface area contributed by atoms with Crippen LogP contribution in [0.2, 0.25) is 0 Å². The SMILES string of the molecule is Cc1nc(=O)ncn1N. The number of aromatic nitrogens is 3. The highest BCUT2D eigenvalue weighted by atomic mass is 16.1. The summed E-state index contributed by atoms with van der Waals surface area (Å²) in [5, 5.41) is 0. The largest absolute Gasteiger partial charge is 0.370 e. The van der Waals surface area contributed by atoms with Crippen LogP contribution in [0, 0.1) is 6.92 Å². The molecule has 5 heteroatoms. The normalized spacial score (nSPS) is 9.44. The zero-order valence-corrected chi connectivity index (χ0v) is 4.90. The second-order valence-electron chi connectivity index (χ2n) is 1.59. The third-order valence-corrected chi connectivity index (χ3v) is 0.924. The molecule has 1 rings (SSSR count). The van der Waals surface area contributed by atoms with Crippen molar-refractivity contribution in [3.8, 4) is 0 Å². The highest BCUT2D eigenvalue weighted by Crippen LogP contribution is 1.76. The lowest BCUT2D eigenvalue weighted by molar-refractivity contribution is 0.796. The van der Waals surface area contributed by atoms with Gasteiger partial charge in [0.15, 0.2) is 0 Å². The van der Waals surface area contributed by atoms with E-state index < -0.39 is 5.69 Å². The van der Waals surface area contributed by atoms with Gasteiger partial charge in [0.25, 0.3) is 0 Å². The Morgan fingerprint density at radius 1 is 1.78 bits per heavy atom. The molecule has 0 amide bonds. The molecule has 0 atom stereocenters. The van der Waals surface area contributed by atoms with Crippen LogP contribution in [0.4, 0.5) is 0 Å². The van der Waals surface area contributed by atoms with Gasteiger partial charge in [-0.05, 0) is 6.92 Å². The van der Waals surface area contributed by atoms with Gasteiger partial charge in [-0.25, -0.2) is 9.47 Å². The van der Waals surface area contributed by atoms with Crippen LogP contribution < -0.4 is 11.5 Å². The van der Waals surface area contributed by atoms with E-state index in [1.807, 2.05) is 0 Å². The fourth-order valence-corrected chi connectivity index (χ4v) is 0.420. The van der Waals surface area contributed by atoms with E-state index in [1.54, 1.807) is 6.92 Å². The molecule has 0 spiro atoms. The summed E-state index contributed by atoms with van der Waals surface area (Å²) in [5.74, 6) is 5.70. The predicted octanol–water partition coefficient (Wildman–Crippen LogP) is -1.34. The van der Waals surface area contributed by atoms with Crippen LogP contribution >= 0.6 is 0 Å². The molecule has 0 bridgehead atoms. The Kier molecular flexibility index (Phi) is 1.18. The number of nitrogen functional groups attached to an aromatic ring is 1. The Labute approximate surface area is 51.1 Å². The van der Waals surface area contributed by atoms with Gasteiger partial charge in [0.2, 0.25) is 0 Å². The zero-order chi connectivity index (χ0) is 6.85. The summed E-state index contributed by atoms with van der Waals surface area (Å²) >= 11 is 0. The quantitative estimate of drug-likeness (QED) is 0.436. The Morgan fingerprint density at radius 2 is 2.44 bits per heavy atom. The molecular formula is C4H6N4O. The minimum Gasteiger partial charge on any atom is -0.337 e. The van der Waals surface area contributed by atoms with Crippen molar-refractivity contribution in [1.82, 2.24) is 14.6 Å². The highest BCUT2D eigenvalue weighted by molar-refractivity contribution is 4.80. The third kappa shape index (κ3) is 1.04. The van der Waals surface area contributed by atoms with Gasteiger partial charge in [0.1, 0.15) is 12.2 Å². The van der Waals surface area contributed by atoms with E-state index in [9.17, 15) is 4.79 Å². The Balaban J connectivity index is 3.34. The second-order valence-corrected chi connectivity index (χ2v) is 1.59. The zero-order valence-electron chi connectivity index (χ0n) is 4.90. The molecule has 1 heterocycles. The topological polar surface area (TPSA) is 73.8 Å². The maximum Gasteiger partial charge on any atom is 0.370 e. The average molecular weight is 126 g/mol. The van der Waals surface area contributed by atoms with Gasteiger partial charge < -0.3 is 5.84 Å². The molecule has 48 valence electrons. The molecular weight excluding hydrogens is 120 g/mol. The van der Waals surface area contributed by atoms with Crippen molar-refractivity contribution in [3.63, 3.8) is 0 Å². The van der Waals surface area contributed by atoms with Crippen molar-refractivity contribution < 1.29 is 0 Å². The molecule has 0 fully saturated rings. The molecule has 9 heavy (non-hydrogen) atoms. The van der Waals surface area contributed by atoms with Crippen molar-refractivity contribution in [1.29, 1.82) is 0 Å². The van der Waals surface area contributed by atoms with E-state index >= 15 is 0 Å². The number of nitrogens with two attached hydrogens (primary N) is 1. The lowest BCUT2D eigenvalue weighted by atomic mass is 10.7.